The second-order valence-electron chi connectivity index (χ2n) is 4.19. The number of hydrogen-bond acceptors (Lipinski definition) is 3. The number of nitrogens with one attached hydrogen (secondary N) is 2. The average Bonchev–Trinajstić information content (AvgIpc) is 2.77. The van der Waals surface area contributed by atoms with Crippen LogP contribution in [0.1, 0.15) is 56.0 Å². The second-order valence-corrected chi connectivity index (χ2v) is 4.19. The molecule has 0 aromatic carbocycles. The monoisotopic (exact) mass is 234 g/mol. The van der Waals surface area contributed by atoms with Crippen LogP contribution in [0.4, 0.5) is 0 Å². The summed E-state index contributed by atoms with van der Waals surface area (Å²) in [6, 6.07) is -0.0199. The van der Waals surface area contributed by atoms with Crippen LogP contribution in [0.15, 0.2) is 0 Å². The van der Waals surface area contributed by atoms with Gasteiger partial charge in [-0.05, 0) is 6.42 Å². The van der Waals surface area contributed by atoms with Crippen molar-refractivity contribution in [1.82, 2.24) is 20.5 Å². The van der Waals surface area contributed by atoms with Crippen molar-refractivity contribution in [3.8, 4) is 12.3 Å². The number of aromatic amines is 1. The van der Waals surface area contributed by atoms with E-state index in [0.29, 0.717) is 12.2 Å². The summed E-state index contributed by atoms with van der Waals surface area (Å²) in [4.78, 5) is 15.9. The lowest BCUT2D eigenvalue weighted by Gasteiger charge is -2.12. The van der Waals surface area contributed by atoms with Crippen molar-refractivity contribution in [2.45, 2.75) is 45.6 Å². The lowest BCUT2D eigenvalue weighted by atomic mass is 10.1. The predicted octanol–water partition coefficient (Wildman–Crippen LogP) is 1.46. The Morgan fingerprint density at radius 3 is 2.76 bits per heavy atom. The Bertz CT molecular complexity index is 416. The number of rotatable bonds is 5. The molecule has 1 heterocycles. The molecule has 0 aliphatic carbocycles. The topological polar surface area (TPSA) is 70.7 Å². The van der Waals surface area contributed by atoms with Gasteiger partial charge in [0.1, 0.15) is 5.82 Å². The van der Waals surface area contributed by atoms with Crippen LogP contribution in [0.2, 0.25) is 0 Å². The molecule has 2 N–H and O–H groups in total. The van der Waals surface area contributed by atoms with E-state index in [1.54, 1.807) is 0 Å². The molecule has 0 saturated carbocycles. The SMILES string of the molecule is C#CCC(CC)NC(=O)c1n[nH]c(C(C)C)n1. The molecule has 0 aliphatic heterocycles. The molecule has 0 fully saturated rings. The molecule has 1 amide bonds. The molecule has 1 aromatic heterocycles. The molecule has 0 saturated heterocycles. The van der Waals surface area contributed by atoms with Crippen molar-refractivity contribution < 1.29 is 4.79 Å². The van der Waals surface area contributed by atoms with Gasteiger partial charge in [-0.3, -0.25) is 9.89 Å². The lowest BCUT2D eigenvalue weighted by molar-refractivity contribution is 0.0926. The molecular weight excluding hydrogens is 216 g/mol. The fourth-order valence-corrected chi connectivity index (χ4v) is 1.32. The molecule has 1 atom stereocenters. The first-order valence-corrected chi connectivity index (χ1v) is 5.75. The zero-order valence-corrected chi connectivity index (χ0v) is 10.4. The van der Waals surface area contributed by atoms with Gasteiger partial charge in [0, 0.05) is 18.4 Å². The zero-order chi connectivity index (χ0) is 12.8. The van der Waals surface area contributed by atoms with Gasteiger partial charge in [-0.15, -0.1) is 17.4 Å². The number of H-pyrrole nitrogens is 1. The van der Waals surface area contributed by atoms with E-state index in [0.717, 1.165) is 6.42 Å². The van der Waals surface area contributed by atoms with Crippen molar-refractivity contribution in [1.29, 1.82) is 0 Å². The Kier molecular flexibility index (Phi) is 4.70. The number of terminal acetylenes is 1. The predicted molar refractivity (Wildman–Crippen MR) is 65.5 cm³/mol. The zero-order valence-electron chi connectivity index (χ0n) is 10.4. The van der Waals surface area contributed by atoms with Crippen LogP contribution in [-0.2, 0) is 0 Å². The fourth-order valence-electron chi connectivity index (χ4n) is 1.32. The highest BCUT2D eigenvalue weighted by molar-refractivity contribution is 5.90. The minimum absolute atomic E-state index is 0.0199. The summed E-state index contributed by atoms with van der Waals surface area (Å²) in [5.41, 5.74) is 0. The molecular formula is C12H18N4O. The summed E-state index contributed by atoms with van der Waals surface area (Å²) < 4.78 is 0. The van der Waals surface area contributed by atoms with E-state index >= 15 is 0 Å². The van der Waals surface area contributed by atoms with Gasteiger partial charge < -0.3 is 5.32 Å². The number of amides is 1. The lowest BCUT2D eigenvalue weighted by Crippen LogP contribution is -2.34. The molecule has 5 nitrogen and oxygen atoms in total. The Morgan fingerprint density at radius 1 is 1.59 bits per heavy atom. The standard InChI is InChI=1S/C12H18N4O/c1-5-7-9(6-2)13-12(17)11-14-10(8(3)4)15-16-11/h1,8-9H,6-7H2,2-4H3,(H,13,17)(H,14,15,16). The number of aromatic nitrogens is 3. The summed E-state index contributed by atoms with van der Waals surface area (Å²) >= 11 is 0. The molecule has 1 rings (SSSR count). The minimum Gasteiger partial charge on any atom is -0.346 e. The highest BCUT2D eigenvalue weighted by Crippen LogP contribution is 2.07. The number of nitrogens with zero attached hydrogens (tertiary/aromatic N) is 2. The summed E-state index contributed by atoms with van der Waals surface area (Å²) in [7, 11) is 0. The van der Waals surface area contributed by atoms with Crippen LogP contribution < -0.4 is 5.32 Å². The van der Waals surface area contributed by atoms with Gasteiger partial charge >= 0.3 is 0 Å². The highest BCUT2D eigenvalue weighted by Gasteiger charge is 2.16. The van der Waals surface area contributed by atoms with Crippen LogP contribution in [0.5, 0.6) is 0 Å². The van der Waals surface area contributed by atoms with E-state index in [4.69, 9.17) is 6.42 Å². The first kappa shape index (κ1) is 13.2. The van der Waals surface area contributed by atoms with Gasteiger partial charge in [-0.2, -0.15) is 0 Å². The molecule has 17 heavy (non-hydrogen) atoms. The first-order valence-electron chi connectivity index (χ1n) is 5.75. The molecule has 92 valence electrons. The third kappa shape index (κ3) is 3.59. The maximum absolute atomic E-state index is 11.8. The van der Waals surface area contributed by atoms with Crippen molar-refractivity contribution in [3.63, 3.8) is 0 Å². The Morgan fingerprint density at radius 2 is 2.29 bits per heavy atom. The van der Waals surface area contributed by atoms with E-state index in [9.17, 15) is 4.79 Å². The number of carbonyl (C=O) groups is 1. The number of carbonyl (C=O) groups excluding carboxylic acids is 1. The van der Waals surface area contributed by atoms with Crippen LogP contribution in [0, 0.1) is 12.3 Å². The van der Waals surface area contributed by atoms with Gasteiger partial charge in [0.05, 0.1) is 0 Å². The van der Waals surface area contributed by atoms with E-state index in [-0.39, 0.29) is 23.7 Å². The second kappa shape index (κ2) is 6.04. The molecule has 0 aliphatic rings. The summed E-state index contributed by atoms with van der Waals surface area (Å²) in [6.07, 6.45) is 6.53. The molecule has 1 unspecified atom stereocenters. The first-order chi connectivity index (χ1) is 8.08. The summed E-state index contributed by atoms with van der Waals surface area (Å²) in [5.74, 6) is 3.35. The van der Waals surface area contributed by atoms with Crippen LogP contribution in [0.3, 0.4) is 0 Å². The normalized spacial score (nSPS) is 12.2. The maximum Gasteiger partial charge on any atom is 0.291 e. The van der Waals surface area contributed by atoms with Crippen LogP contribution in [0.25, 0.3) is 0 Å². The summed E-state index contributed by atoms with van der Waals surface area (Å²) in [5, 5.41) is 9.44. The molecule has 1 aromatic rings. The minimum atomic E-state index is -0.282. The number of hydrogen-bond donors (Lipinski definition) is 2. The van der Waals surface area contributed by atoms with Gasteiger partial charge in [0.2, 0.25) is 5.82 Å². The Labute approximate surface area is 101 Å². The van der Waals surface area contributed by atoms with Crippen molar-refractivity contribution in [2.75, 3.05) is 0 Å². The van der Waals surface area contributed by atoms with Gasteiger partial charge in [-0.25, -0.2) is 4.98 Å². The highest BCUT2D eigenvalue weighted by atomic mass is 16.2. The van der Waals surface area contributed by atoms with Crippen molar-refractivity contribution in [2.24, 2.45) is 0 Å². The largest absolute Gasteiger partial charge is 0.346 e. The maximum atomic E-state index is 11.8. The van der Waals surface area contributed by atoms with Crippen molar-refractivity contribution >= 4 is 5.91 Å². The molecule has 0 bridgehead atoms. The van der Waals surface area contributed by atoms with Crippen molar-refractivity contribution in [3.05, 3.63) is 11.6 Å². The van der Waals surface area contributed by atoms with E-state index in [1.807, 2.05) is 20.8 Å². The van der Waals surface area contributed by atoms with Gasteiger partial charge in [0.15, 0.2) is 0 Å². The third-order valence-corrected chi connectivity index (χ3v) is 2.44. The van der Waals surface area contributed by atoms with Crippen LogP contribution >= 0.6 is 0 Å². The van der Waals surface area contributed by atoms with E-state index in [1.165, 1.54) is 0 Å². The third-order valence-electron chi connectivity index (χ3n) is 2.44. The van der Waals surface area contributed by atoms with Crippen LogP contribution in [-0.4, -0.2) is 27.1 Å². The van der Waals surface area contributed by atoms with Gasteiger partial charge in [-0.1, -0.05) is 20.8 Å². The summed E-state index contributed by atoms with van der Waals surface area (Å²) in [6.45, 7) is 5.94. The quantitative estimate of drug-likeness (QED) is 0.758. The fraction of sp³-hybridized carbons (Fsp3) is 0.583. The van der Waals surface area contributed by atoms with Gasteiger partial charge in [0.25, 0.3) is 5.91 Å². The van der Waals surface area contributed by atoms with E-state index in [2.05, 4.69) is 26.4 Å². The molecule has 0 spiro atoms. The average molecular weight is 234 g/mol. The smallest absolute Gasteiger partial charge is 0.291 e. The van der Waals surface area contributed by atoms with E-state index < -0.39 is 0 Å². The Hall–Kier alpha value is -1.83. The molecule has 5 heteroatoms. The molecule has 0 radical (unpaired) electrons. The Balaban J connectivity index is 2.66.